The van der Waals surface area contributed by atoms with E-state index in [1.807, 2.05) is 6.07 Å². The van der Waals surface area contributed by atoms with Gasteiger partial charge in [-0.1, -0.05) is 0 Å². The number of nitrogens with zero attached hydrogens (tertiary/aromatic N) is 4. The minimum absolute atomic E-state index is 0.104. The highest BCUT2D eigenvalue weighted by atomic mass is 31.2. The van der Waals surface area contributed by atoms with Crippen molar-refractivity contribution in [3.05, 3.63) is 11.6 Å². The third-order valence-corrected chi connectivity index (χ3v) is 8.58. The summed E-state index contributed by atoms with van der Waals surface area (Å²) in [6.07, 6.45) is 1.20. The number of nitriles is 2. The van der Waals surface area contributed by atoms with E-state index in [4.69, 9.17) is 29.0 Å². The number of esters is 2. The Morgan fingerprint density at radius 1 is 0.907 bits per heavy atom. The summed E-state index contributed by atoms with van der Waals surface area (Å²) in [5.41, 5.74) is -1.25. The van der Waals surface area contributed by atoms with Crippen molar-refractivity contribution in [1.82, 2.24) is 9.62 Å². The number of rotatable bonds is 11. The fourth-order valence-electron chi connectivity index (χ4n) is 4.24. The third kappa shape index (κ3) is 11.8. The van der Waals surface area contributed by atoms with Gasteiger partial charge in [0, 0.05) is 25.7 Å². The topological polar surface area (TPSA) is 200 Å². The summed E-state index contributed by atoms with van der Waals surface area (Å²) in [5.74, 6) is -1.04. The Morgan fingerprint density at radius 3 is 1.72 bits per heavy atom. The molecule has 2 N–H and O–H groups in total. The lowest BCUT2D eigenvalue weighted by atomic mass is 9.83. The number of carbonyl (C=O) groups excluding carboxylic acids is 3. The number of Topliss-reactive ketones (excluding diaryl/α,β-unsaturated/α-hetero) is 1. The maximum atomic E-state index is 11.9. The molecule has 0 aromatic rings. The molecule has 17 heteroatoms. The van der Waals surface area contributed by atoms with E-state index in [2.05, 4.69) is 0 Å². The lowest BCUT2D eigenvalue weighted by Crippen LogP contribution is -2.40. The Hall–Kier alpha value is -2.55. The minimum atomic E-state index is -3.08. The third-order valence-electron chi connectivity index (χ3n) is 6.75. The van der Waals surface area contributed by atoms with E-state index in [0.29, 0.717) is 38.5 Å². The zero-order chi connectivity index (χ0) is 33.4. The second-order valence-electron chi connectivity index (χ2n) is 10.2. The van der Waals surface area contributed by atoms with Crippen molar-refractivity contribution in [1.29, 1.82) is 10.5 Å². The van der Waals surface area contributed by atoms with Crippen LogP contribution in [0, 0.1) is 33.5 Å². The summed E-state index contributed by atoms with van der Waals surface area (Å²) in [6.45, 7) is 15.7. The van der Waals surface area contributed by atoms with Gasteiger partial charge in [0.05, 0.1) is 50.5 Å². The maximum Gasteiger partial charge on any atom is 0.376 e. The van der Waals surface area contributed by atoms with E-state index in [1.54, 1.807) is 70.9 Å². The molecule has 0 spiro atoms. The zero-order valence-electron chi connectivity index (χ0n) is 26.5. The molecule has 2 fully saturated rings. The molecule has 0 radical (unpaired) electrons. The Labute approximate surface area is 255 Å². The van der Waals surface area contributed by atoms with Crippen LogP contribution in [0.1, 0.15) is 41.5 Å². The summed E-state index contributed by atoms with van der Waals surface area (Å²) in [5, 5.41) is 35.9. The first-order chi connectivity index (χ1) is 20.0. The largest absolute Gasteiger partial charge is 0.465 e. The highest BCUT2D eigenvalue weighted by Gasteiger charge is 2.50. The molecule has 0 bridgehead atoms. The van der Waals surface area contributed by atoms with Gasteiger partial charge in [0.1, 0.15) is 11.6 Å². The number of hydrogen-bond acceptors (Lipinski definition) is 14. The molecule has 0 aromatic carbocycles. The Kier molecular flexibility index (Phi) is 17.8. The van der Waals surface area contributed by atoms with Crippen LogP contribution in [-0.4, -0.2) is 110 Å². The van der Waals surface area contributed by atoms with Crippen LogP contribution in [0.2, 0.25) is 13.6 Å². The smallest absolute Gasteiger partial charge is 0.376 e. The standard InChI is InChI=1S/C11H17BN2O3.C9H16BNO4.C6H12NO3P/c1-4-17-10(15)11(2)8-14(12(3)16)7-9(11)5-6-13;1-4-15-8(13)9(2)6-11(10(3)14)5-7(9)12;1-3-9-11(8,6-5-7)10-4-2/h5,16H,4,7-8H2,1-3H3;14H,4-6H2,1-3H3;3-4,6H2,1-2H3/b9-5+;;. The minimum Gasteiger partial charge on any atom is -0.465 e. The van der Waals surface area contributed by atoms with Crippen LogP contribution in [0.3, 0.4) is 0 Å². The molecule has 2 atom stereocenters. The number of carbonyl (C=O) groups is 3. The highest BCUT2D eigenvalue weighted by Crippen LogP contribution is 2.47. The van der Waals surface area contributed by atoms with Gasteiger partial charge in [-0.15, -0.1) is 0 Å². The van der Waals surface area contributed by atoms with E-state index in [9.17, 15) is 29.0 Å². The Bertz CT molecular complexity index is 1100. The molecule has 2 heterocycles. The lowest BCUT2D eigenvalue weighted by molar-refractivity contribution is -0.156. The van der Waals surface area contributed by atoms with Crippen LogP contribution in [0.5, 0.6) is 0 Å². The summed E-state index contributed by atoms with van der Waals surface area (Å²) in [7, 11) is -4.44. The average Bonchev–Trinajstić information content (AvgIpc) is 3.43. The molecule has 43 heavy (non-hydrogen) atoms. The summed E-state index contributed by atoms with van der Waals surface area (Å²) < 4.78 is 30.9. The predicted octanol–water partition coefficient (Wildman–Crippen LogP) is 1.76. The number of ether oxygens (including phenoxy) is 2. The normalized spacial score (nSPS) is 22.8. The second kappa shape index (κ2) is 19.0. The second-order valence-corrected chi connectivity index (χ2v) is 12.2. The van der Waals surface area contributed by atoms with E-state index in [-0.39, 0.29) is 37.6 Å². The molecule has 2 saturated heterocycles. The molecular formula is C26H45B2N4O10P. The van der Waals surface area contributed by atoms with Crippen molar-refractivity contribution in [2.24, 2.45) is 10.8 Å². The molecule has 2 aliphatic heterocycles. The first-order valence-corrected chi connectivity index (χ1v) is 15.8. The van der Waals surface area contributed by atoms with Crippen molar-refractivity contribution >= 4 is 39.4 Å². The van der Waals surface area contributed by atoms with Gasteiger partial charge in [-0.05, 0) is 60.8 Å². The van der Waals surface area contributed by atoms with Crippen LogP contribution >= 0.6 is 7.60 Å². The first kappa shape index (κ1) is 40.4. The van der Waals surface area contributed by atoms with Crippen LogP contribution in [0.4, 0.5) is 0 Å². The molecule has 240 valence electrons. The van der Waals surface area contributed by atoms with Crippen LogP contribution in [0.25, 0.3) is 0 Å². The molecule has 14 nitrogen and oxygen atoms in total. The van der Waals surface area contributed by atoms with Crippen LogP contribution in [0.15, 0.2) is 11.6 Å². The fourth-order valence-corrected chi connectivity index (χ4v) is 5.46. The average molecular weight is 626 g/mol. The van der Waals surface area contributed by atoms with Gasteiger partial charge in [0.15, 0.2) is 5.78 Å². The highest BCUT2D eigenvalue weighted by molar-refractivity contribution is 7.54. The number of ketones is 1. The molecule has 2 rings (SSSR count). The van der Waals surface area contributed by atoms with Gasteiger partial charge in [-0.2, -0.15) is 10.5 Å². The van der Waals surface area contributed by atoms with E-state index in [1.165, 1.54) is 6.08 Å². The van der Waals surface area contributed by atoms with Crippen molar-refractivity contribution in [2.75, 3.05) is 58.8 Å². The van der Waals surface area contributed by atoms with E-state index >= 15 is 0 Å². The molecular weight excluding hydrogens is 581 g/mol. The molecule has 0 amide bonds. The summed E-state index contributed by atoms with van der Waals surface area (Å²) in [4.78, 5) is 38.5. The molecule has 0 saturated carbocycles. The van der Waals surface area contributed by atoms with Gasteiger partial charge in [0.25, 0.3) is 0 Å². The molecule has 0 aromatic heterocycles. The molecule has 0 aliphatic carbocycles. The van der Waals surface area contributed by atoms with Gasteiger partial charge in [-0.25, -0.2) is 0 Å². The van der Waals surface area contributed by atoms with Crippen molar-refractivity contribution < 1.29 is 47.5 Å². The Balaban J connectivity index is 0.000000631. The van der Waals surface area contributed by atoms with Crippen molar-refractivity contribution in [2.45, 2.75) is 55.2 Å². The quantitative estimate of drug-likeness (QED) is 0.111. The van der Waals surface area contributed by atoms with Crippen molar-refractivity contribution in [3.63, 3.8) is 0 Å². The monoisotopic (exact) mass is 626 g/mol. The van der Waals surface area contributed by atoms with Crippen molar-refractivity contribution in [3.8, 4) is 12.1 Å². The van der Waals surface area contributed by atoms with E-state index in [0.717, 1.165) is 0 Å². The lowest BCUT2D eigenvalue weighted by Gasteiger charge is -2.23. The van der Waals surface area contributed by atoms with Gasteiger partial charge in [-0.3, -0.25) is 18.9 Å². The van der Waals surface area contributed by atoms with Gasteiger partial charge >= 0.3 is 33.6 Å². The van der Waals surface area contributed by atoms with Gasteiger partial charge < -0.3 is 38.2 Å². The maximum absolute atomic E-state index is 11.9. The van der Waals surface area contributed by atoms with E-state index < -0.39 is 38.5 Å². The molecule has 2 aliphatic rings. The van der Waals surface area contributed by atoms with Crippen LogP contribution < -0.4 is 0 Å². The Morgan fingerprint density at radius 2 is 1.35 bits per heavy atom. The predicted molar refractivity (Wildman–Crippen MR) is 160 cm³/mol. The first-order valence-electron chi connectivity index (χ1n) is 14.1. The van der Waals surface area contributed by atoms with Gasteiger partial charge in [0.2, 0.25) is 0 Å². The zero-order valence-corrected chi connectivity index (χ0v) is 27.4. The fraction of sp³-hybridized carbons (Fsp3) is 0.731. The number of hydrogen-bond donors (Lipinski definition) is 2. The summed E-state index contributed by atoms with van der Waals surface area (Å²) >= 11 is 0. The number of allylic oxidation sites excluding steroid dienone is 1. The molecule has 2 unspecified atom stereocenters. The SMILES string of the molecule is CCOC(=O)C1(C)CN(B(C)O)C/C1=C\C#N.CCOC(=O)C1(C)CN(B(C)O)CC1=O.CCOP(=O)(CC#N)OCC. The van der Waals surface area contributed by atoms with Crippen LogP contribution in [-0.2, 0) is 37.5 Å². The summed E-state index contributed by atoms with van der Waals surface area (Å²) in [6, 6.07) is 3.71.